The summed E-state index contributed by atoms with van der Waals surface area (Å²) in [5.41, 5.74) is 4.93. The Morgan fingerprint density at radius 1 is 0.794 bits per heavy atom. The van der Waals surface area contributed by atoms with Crippen LogP contribution in [0.5, 0.6) is 0 Å². The fraction of sp³-hybridized carbons (Fsp3) is 0.192. The lowest BCUT2D eigenvalue weighted by atomic mass is 10.00. The van der Waals surface area contributed by atoms with Gasteiger partial charge in [-0.15, -0.1) is 0 Å². The Morgan fingerprint density at radius 2 is 1.59 bits per heavy atom. The summed E-state index contributed by atoms with van der Waals surface area (Å²) in [7, 11) is 2.16. The van der Waals surface area contributed by atoms with Crippen LogP contribution >= 0.6 is 11.9 Å². The number of anilines is 1. The van der Waals surface area contributed by atoms with E-state index in [1.165, 1.54) is 11.9 Å². The van der Waals surface area contributed by atoms with E-state index in [0.29, 0.717) is 0 Å². The molecule has 1 saturated heterocycles. The first-order valence-electron chi connectivity index (χ1n) is 11.3. The van der Waals surface area contributed by atoms with Gasteiger partial charge in [-0.05, 0) is 53.5 Å². The second-order valence-electron chi connectivity index (χ2n) is 8.64. The fourth-order valence-corrected chi connectivity index (χ4v) is 5.05. The first-order valence-corrected chi connectivity index (χ1v) is 12.2. The van der Waals surface area contributed by atoms with Gasteiger partial charge in [0.2, 0.25) is 0 Å². The first-order chi connectivity index (χ1) is 16.7. The van der Waals surface area contributed by atoms with Crippen molar-refractivity contribution < 1.29 is 0 Å². The highest BCUT2D eigenvalue weighted by Crippen LogP contribution is 2.35. The molecule has 1 fully saturated rings. The molecule has 1 aliphatic rings. The van der Waals surface area contributed by atoms with E-state index >= 15 is 0 Å². The molecule has 0 radical (unpaired) electrons. The van der Waals surface area contributed by atoms with Gasteiger partial charge in [-0.25, -0.2) is 14.5 Å². The van der Waals surface area contributed by atoms with E-state index in [0.717, 1.165) is 75.6 Å². The molecule has 0 spiro atoms. The van der Waals surface area contributed by atoms with Crippen LogP contribution in [0.15, 0.2) is 78.2 Å². The molecule has 34 heavy (non-hydrogen) atoms. The lowest BCUT2D eigenvalue weighted by molar-refractivity contribution is 0.312. The maximum Gasteiger partial charge on any atom is 0.162 e. The monoisotopic (exact) mass is 467 g/mol. The fourth-order valence-electron chi connectivity index (χ4n) is 4.60. The zero-order valence-electron chi connectivity index (χ0n) is 18.9. The van der Waals surface area contributed by atoms with Gasteiger partial charge >= 0.3 is 0 Å². The van der Waals surface area contributed by atoms with Crippen LogP contribution in [0, 0.1) is 0 Å². The van der Waals surface area contributed by atoms with Crippen LogP contribution in [-0.2, 0) is 0 Å². The van der Waals surface area contributed by atoms with E-state index in [1.54, 1.807) is 0 Å². The smallest absolute Gasteiger partial charge is 0.162 e. The van der Waals surface area contributed by atoms with Gasteiger partial charge in [0.1, 0.15) is 5.82 Å². The quantitative estimate of drug-likeness (QED) is 0.394. The first kappa shape index (κ1) is 21.1. The van der Waals surface area contributed by atoms with E-state index in [2.05, 4.69) is 58.3 Å². The highest BCUT2D eigenvalue weighted by molar-refractivity contribution is 7.97. The molecule has 1 aliphatic heterocycles. The summed E-state index contributed by atoms with van der Waals surface area (Å²) in [5.74, 6) is 1.03. The summed E-state index contributed by atoms with van der Waals surface area (Å²) in [6.07, 6.45) is 7.74. The van der Waals surface area contributed by atoms with Gasteiger partial charge in [0.15, 0.2) is 5.65 Å². The lowest BCUT2D eigenvalue weighted by Gasteiger charge is -2.33. The lowest BCUT2D eigenvalue weighted by Crippen LogP contribution is -2.44. The van der Waals surface area contributed by atoms with Crippen molar-refractivity contribution in [1.29, 1.82) is 0 Å². The number of rotatable bonds is 4. The van der Waals surface area contributed by atoms with Crippen molar-refractivity contribution >= 4 is 34.2 Å². The minimum absolute atomic E-state index is 0.823. The number of benzene rings is 2. The molecular weight excluding hydrogens is 442 g/mol. The molecule has 6 rings (SSSR count). The topological polar surface area (TPSA) is 75.6 Å². The summed E-state index contributed by atoms with van der Waals surface area (Å²) >= 11 is 1.27. The molecule has 2 aromatic carbocycles. The van der Waals surface area contributed by atoms with Crippen molar-refractivity contribution in [1.82, 2.24) is 24.5 Å². The number of hydrogen-bond acceptors (Lipinski definition) is 7. The third kappa shape index (κ3) is 3.69. The Labute approximate surface area is 202 Å². The van der Waals surface area contributed by atoms with Gasteiger partial charge in [0.05, 0.1) is 6.20 Å². The third-order valence-corrected chi connectivity index (χ3v) is 7.18. The second-order valence-corrected chi connectivity index (χ2v) is 9.31. The van der Waals surface area contributed by atoms with Gasteiger partial charge in [0, 0.05) is 66.4 Å². The van der Waals surface area contributed by atoms with Gasteiger partial charge < -0.3 is 9.80 Å². The molecule has 4 heterocycles. The summed E-state index contributed by atoms with van der Waals surface area (Å²) in [4.78, 5) is 15.3. The molecule has 7 nitrogen and oxygen atoms in total. The Hall–Kier alpha value is -3.46. The molecule has 2 N–H and O–H groups in total. The summed E-state index contributed by atoms with van der Waals surface area (Å²) in [6.45, 7) is 4.14. The second kappa shape index (κ2) is 8.72. The van der Waals surface area contributed by atoms with Gasteiger partial charge in [-0.2, -0.15) is 5.10 Å². The molecule has 0 saturated carbocycles. The van der Waals surface area contributed by atoms with Crippen LogP contribution in [0.1, 0.15) is 0 Å². The van der Waals surface area contributed by atoms with Crippen LogP contribution in [0.4, 0.5) is 5.82 Å². The van der Waals surface area contributed by atoms with Crippen molar-refractivity contribution in [3.8, 4) is 22.3 Å². The maximum atomic E-state index is 5.88. The van der Waals surface area contributed by atoms with Gasteiger partial charge in [-0.3, -0.25) is 5.14 Å². The number of nitrogens with two attached hydrogens (primary N) is 1. The average molecular weight is 468 g/mol. The summed E-state index contributed by atoms with van der Waals surface area (Å²) in [5, 5.41) is 12.8. The SMILES string of the molecule is CN1CCN(c2ccc(-c3cnc4c(-c5ccc(SN)c6ccccc56)cnn4c3)cn2)CC1. The molecule has 5 aromatic rings. The summed E-state index contributed by atoms with van der Waals surface area (Å²) in [6, 6.07) is 16.7. The molecular formula is C26H25N7S. The van der Waals surface area contributed by atoms with Crippen molar-refractivity contribution in [3.05, 3.63) is 73.3 Å². The molecule has 0 unspecified atom stereocenters. The van der Waals surface area contributed by atoms with E-state index in [1.807, 2.05) is 41.4 Å². The Kier molecular flexibility index (Phi) is 5.41. The number of likely N-dealkylation sites (N-methyl/N-ethyl adjacent to an activating group) is 1. The predicted molar refractivity (Wildman–Crippen MR) is 139 cm³/mol. The van der Waals surface area contributed by atoms with E-state index in [4.69, 9.17) is 15.1 Å². The minimum Gasteiger partial charge on any atom is -0.354 e. The van der Waals surface area contributed by atoms with E-state index in [-0.39, 0.29) is 0 Å². The zero-order chi connectivity index (χ0) is 23.1. The largest absolute Gasteiger partial charge is 0.354 e. The molecule has 0 aliphatic carbocycles. The molecule has 0 bridgehead atoms. The average Bonchev–Trinajstić information content (AvgIpc) is 3.32. The van der Waals surface area contributed by atoms with Crippen LogP contribution in [0.2, 0.25) is 0 Å². The van der Waals surface area contributed by atoms with Crippen LogP contribution in [0.3, 0.4) is 0 Å². The standard InChI is InChI=1S/C26H25N7S/c1-31-10-12-32(13-11-31)25-9-6-18(14-28-25)19-15-29-26-23(16-30-33(26)17-19)21-7-8-24(34-27)22-5-3-2-4-20(21)22/h2-9,14-17H,10-13,27H2,1H3. The van der Waals surface area contributed by atoms with Crippen molar-refractivity contribution in [2.75, 3.05) is 38.1 Å². The predicted octanol–water partition coefficient (Wildman–Crippen LogP) is 4.33. The Balaban J connectivity index is 1.33. The highest BCUT2D eigenvalue weighted by atomic mass is 32.2. The number of nitrogens with zero attached hydrogens (tertiary/aromatic N) is 6. The summed E-state index contributed by atoms with van der Waals surface area (Å²) < 4.78 is 1.85. The van der Waals surface area contributed by atoms with Crippen LogP contribution in [-0.4, -0.2) is 57.7 Å². The molecule has 3 aromatic heterocycles. The molecule has 170 valence electrons. The number of pyridine rings is 1. The highest BCUT2D eigenvalue weighted by Gasteiger charge is 2.16. The Bertz CT molecular complexity index is 1470. The van der Waals surface area contributed by atoms with E-state index in [9.17, 15) is 0 Å². The number of piperazine rings is 1. The molecule has 8 heteroatoms. The number of hydrogen-bond donors (Lipinski definition) is 1. The third-order valence-electron chi connectivity index (χ3n) is 6.57. The maximum absolute atomic E-state index is 5.88. The normalized spacial score (nSPS) is 14.8. The van der Waals surface area contributed by atoms with Gasteiger partial charge in [-0.1, -0.05) is 30.3 Å². The molecule has 0 amide bonds. The van der Waals surface area contributed by atoms with E-state index < -0.39 is 0 Å². The molecule has 0 atom stereocenters. The van der Waals surface area contributed by atoms with Crippen molar-refractivity contribution in [2.24, 2.45) is 5.14 Å². The minimum atomic E-state index is 0.823. The van der Waals surface area contributed by atoms with Crippen molar-refractivity contribution in [3.63, 3.8) is 0 Å². The number of fused-ring (bicyclic) bond motifs is 2. The van der Waals surface area contributed by atoms with Gasteiger partial charge in [0.25, 0.3) is 0 Å². The van der Waals surface area contributed by atoms with Crippen molar-refractivity contribution in [2.45, 2.75) is 4.90 Å². The van der Waals surface area contributed by atoms with Crippen LogP contribution < -0.4 is 10.0 Å². The number of aromatic nitrogens is 4. The Morgan fingerprint density at radius 3 is 2.35 bits per heavy atom. The zero-order valence-corrected chi connectivity index (χ0v) is 19.7. The van der Waals surface area contributed by atoms with Crippen LogP contribution in [0.25, 0.3) is 38.7 Å².